The maximum absolute atomic E-state index is 11.5. The predicted molar refractivity (Wildman–Crippen MR) is 79.1 cm³/mol. The van der Waals surface area contributed by atoms with E-state index < -0.39 is 0 Å². The molecule has 2 aromatic rings. The number of nitrogens with zero attached hydrogens (tertiary/aromatic N) is 1. The van der Waals surface area contributed by atoms with Gasteiger partial charge in [0.15, 0.2) is 0 Å². The SMILES string of the molecule is COC(=O)[C@H](C)c1ccc(Nc2ccc(C)cn2)cc1. The average Bonchev–Trinajstić information content (AvgIpc) is 2.49. The Kier molecular flexibility index (Phi) is 4.35. The Morgan fingerprint density at radius 1 is 1.20 bits per heavy atom. The molecule has 20 heavy (non-hydrogen) atoms. The van der Waals surface area contributed by atoms with Crippen LogP contribution in [0.15, 0.2) is 42.6 Å². The second-order valence-corrected chi connectivity index (χ2v) is 4.71. The second kappa shape index (κ2) is 6.19. The molecule has 4 heteroatoms. The van der Waals surface area contributed by atoms with Crippen LogP contribution in [-0.4, -0.2) is 18.1 Å². The summed E-state index contributed by atoms with van der Waals surface area (Å²) in [5, 5.41) is 3.21. The highest BCUT2D eigenvalue weighted by molar-refractivity contribution is 5.77. The van der Waals surface area contributed by atoms with Crippen LogP contribution < -0.4 is 5.32 Å². The average molecular weight is 270 g/mol. The molecule has 0 saturated carbocycles. The summed E-state index contributed by atoms with van der Waals surface area (Å²) in [5.41, 5.74) is 2.99. The standard InChI is InChI=1S/C16H18N2O2/c1-11-4-9-15(17-10-11)18-14-7-5-13(6-8-14)12(2)16(19)20-3/h4-10,12H,1-3H3,(H,17,18)/t12-/m1/s1. The number of methoxy groups -OCH3 is 1. The number of hydrogen-bond acceptors (Lipinski definition) is 4. The van der Waals surface area contributed by atoms with Gasteiger partial charge in [-0.25, -0.2) is 4.98 Å². The van der Waals surface area contributed by atoms with Crippen molar-refractivity contribution in [3.8, 4) is 0 Å². The first-order chi connectivity index (χ1) is 9.60. The number of carbonyl (C=O) groups is 1. The molecule has 1 aromatic carbocycles. The van der Waals surface area contributed by atoms with Crippen LogP contribution in [0.1, 0.15) is 24.0 Å². The van der Waals surface area contributed by atoms with E-state index in [-0.39, 0.29) is 11.9 Å². The third-order valence-corrected chi connectivity index (χ3v) is 3.15. The number of benzene rings is 1. The quantitative estimate of drug-likeness (QED) is 0.865. The molecule has 0 aliphatic rings. The van der Waals surface area contributed by atoms with Crippen molar-refractivity contribution in [2.24, 2.45) is 0 Å². The molecular weight excluding hydrogens is 252 g/mol. The first-order valence-electron chi connectivity index (χ1n) is 6.47. The molecule has 1 N–H and O–H groups in total. The van der Waals surface area contributed by atoms with E-state index in [1.807, 2.05) is 56.4 Å². The number of ether oxygens (including phenoxy) is 1. The Morgan fingerprint density at radius 2 is 1.90 bits per heavy atom. The fourth-order valence-electron chi connectivity index (χ4n) is 1.86. The van der Waals surface area contributed by atoms with E-state index in [0.717, 1.165) is 22.6 Å². The van der Waals surface area contributed by atoms with Crippen LogP contribution in [-0.2, 0) is 9.53 Å². The fourth-order valence-corrected chi connectivity index (χ4v) is 1.86. The first-order valence-corrected chi connectivity index (χ1v) is 6.47. The normalized spacial score (nSPS) is 11.8. The van der Waals surface area contributed by atoms with Gasteiger partial charge in [0.05, 0.1) is 13.0 Å². The maximum atomic E-state index is 11.5. The lowest BCUT2D eigenvalue weighted by Gasteiger charge is -2.11. The summed E-state index contributed by atoms with van der Waals surface area (Å²) in [4.78, 5) is 15.8. The van der Waals surface area contributed by atoms with Gasteiger partial charge in [-0.1, -0.05) is 18.2 Å². The van der Waals surface area contributed by atoms with Crippen LogP contribution in [0.3, 0.4) is 0 Å². The van der Waals surface area contributed by atoms with E-state index >= 15 is 0 Å². The molecule has 0 spiro atoms. The third kappa shape index (κ3) is 3.35. The van der Waals surface area contributed by atoms with Crippen LogP contribution >= 0.6 is 0 Å². The largest absolute Gasteiger partial charge is 0.469 e. The summed E-state index contributed by atoms with van der Waals surface area (Å²) in [6.45, 7) is 3.83. The number of aromatic nitrogens is 1. The summed E-state index contributed by atoms with van der Waals surface area (Å²) >= 11 is 0. The van der Waals surface area contributed by atoms with Gasteiger partial charge in [-0.05, 0) is 43.2 Å². The highest BCUT2D eigenvalue weighted by Crippen LogP contribution is 2.21. The first kappa shape index (κ1) is 14.1. The van der Waals surface area contributed by atoms with E-state index in [4.69, 9.17) is 4.74 Å². The monoisotopic (exact) mass is 270 g/mol. The molecule has 4 nitrogen and oxygen atoms in total. The van der Waals surface area contributed by atoms with Crippen molar-refractivity contribution in [2.45, 2.75) is 19.8 Å². The van der Waals surface area contributed by atoms with Crippen LogP contribution in [0.5, 0.6) is 0 Å². The number of carbonyl (C=O) groups excluding carboxylic acids is 1. The van der Waals surface area contributed by atoms with Gasteiger partial charge in [0.2, 0.25) is 0 Å². The summed E-state index contributed by atoms with van der Waals surface area (Å²) in [7, 11) is 1.40. The molecule has 0 radical (unpaired) electrons. The van der Waals surface area contributed by atoms with Crippen molar-refractivity contribution < 1.29 is 9.53 Å². The van der Waals surface area contributed by atoms with Gasteiger partial charge in [0.1, 0.15) is 5.82 Å². The third-order valence-electron chi connectivity index (χ3n) is 3.15. The molecule has 1 heterocycles. The minimum atomic E-state index is -0.258. The number of pyridine rings is 1. The minimum Gasteiger partial charge on any atom is -0.469 e. The highest BCUT2D eigenvalue weighted by atomic mass is 16.5. The second-order valence-electron chi connectivity index (χ2n) is 4.71. The van der Waals surface area contributed by atoms with Crippen molar-refractivity contribution in [1.29, 1.82) is 0 Å². The van der Waals surface area contributed by atoms with E-state index in [0.29, 0.717) is 0 Å². The smallest absolute Gasteiger partial charge is 0.312 e. The summed E-state index contributed by atoms with van der Waals surface area (Å²) in [6.07, 6.45) is 1.82. The lowest BCUT2D eigenvalue weighted by atomic mass is 10.0. The molecule has 0 aliphatic heterocycles. The van der Waals surface area contributed by atoms with Crippen molar-refractivity contribution in [3.63, 3.8) is 0 Å². The Balaban J connectivity index is 2.08. The van der Waals surface area contributed by atoms with Crippen LogP contribution in [0.25, 0.3) is 0 Å². The lowest BCUT2D eigenvalue weighted by Crippen LogP contribution is -2.10. The van der Waals surface area contributed by atoms with Gasteiger partial charge in [0, 0.05) is 11.9 Å². The zero-order chi connectivity index (χ0) is 14.5. The number of aryl methyl sites for hydroxylation is 1. The molecule has 1 atom stereocenters. The molecule has 0 bridgehead atoms. The van der Waals surface area contributed by atoms with Gasteiger partial charge >= 0.3 is 5.97 Å². The molecule has 0 unspecified atom stereocenters. The van der Waals surface area contributed by atoms with Gasteiger partial charge in [-0.2, -0.15) is 0 Å². The minimum absolute atomic E-state index is 0.231. The number of esters is 1. The van der Waals surface area contributed by atoms with Gasteiger partial charge < -0.3 is 10.1 Å². The fraction of sp³-hybridized carbons (Fsp3) is 0.250. The molecule has 0 amide bonds. The topological polar surface area (TPSA) is 51.2 Å². The van der Waals surface area contributed by atoms with Crippen molar-refractivity contribution in [2.75, 3.05) is 12.4 Å². The number of hydrogen-bond donors (Lipinski definition) is 1. The lowest BCUT2D eigenvalue weighted by molar-refractivity contribution is -0.141. The number of rotatable bonds is 4. The van der Waals surface area contributed by atoms with Gasteiger partial charge in [-0.15, -0.1) is 0 Å². The summed E-state index contributed by atoms with van der Waals surface area (Å²) < 4.78 is 4.74. The molecule has 0 aliphatic carbocycles. The highest BCUT2D eigenvalue weighted by Gasteiger charge is 2.14. The van der Waals surface area contributed by atoms with E-state index in [1.54, 1.807) is 0 Å². The number of nitrogens with one attached hydrogen (secondary N) is 1. The van der Waals surface area contributed by atoms with Crippen molar-refractivity contribution in [1.82, 2.24) is 4.98 Å². The summed E-state index contributed by atoms with van der Waals surface area (Å²) in [5.74, 6) is 0.307. The summed E-state index contributed by atoms with van der Waals surface area (Å²) in [6, 6.07) is 11.6. The van der Waals surface area contributed by atoms with E-state index in [9.17, 15) is 4.79 Å². The molecule has 104 valence electrons. The Hall–Kier alpha value is -2.36. The van der Waals surface area contributed by atoms with Crippen LogP contribution in [0.2, 0.25) is 0 Å². The van der Waals surface area contributed by atoms with Gasteiger partial charge in [0.25, 0.3) is 0 Å². The van der Waals surface area contributed by atoms with E-state index in [1.165, 1.54) is 7.11 Å². The maximum Gasteiger partial charge on any atom is 0.312 e. The zero-order valence-corrected chi connectivity index (χ0v) is 11.9. The zero-order valence-electron chi connectivity index (χ0n) is 11.9. The van der Waals surface area contributed by atoms with Crippen molar-refractivity contribution in [3.05, 3.63) is 53.7 Å². The Labute approximate surface area is 118 Å². The predicted octanol–water partition coefficient (Wildman–Crippen LogP) is 3.41. The molecule has 0 saturated heterocycles. The molecule has 1 aromatic heterocycles. The van der Waals surface area contributed by atoms with Crippen LogP contribution in [0.4, 0.5) is 11.5 Å². The Bertz CT molecular complexity index is 576. The molecular formula is C16H18N2O2. The van der Waals surface area contributed by atoms with Gasteiger partial charge in [-0.3, -0.25) is 4.79 Å². The molecule has 0 fully saturated rings. The Morgan fingerprint density at radius 3 is 2.45 bits per heavy atom. The van der Waals surface area contributed by atoms with Crippen LogP contribution in [0, 0.1) is 6.92 Å². The van der Waals surface area contributed by atoms with E-state index in [2.05, 4.69) is 10.3 Å². The van der Waals surface area contributed by atoms with Crippen molar-refractivity contribution >= 4 is 17.5 Å². The number of anilines is 2. The molecule has 2 rings (SSSR count).